The first-order chi connectivity index (χ1) is 13.6. The van der Waals surface area contributed by atoms with E-state index in [9.17, 15) is 14.4 Å². The molecule has 7 heteroatoms. The molecule has 1 aliphatic carbocycles. The number of rotatable bonds is 4. The van der Waals surface area contributed by atoms with Crippen molar-refractivity contribution >= 4 is 29.2 Å². The summed E-state index contributed by atoms with van der Waals surface area (Å²) in [5.74, 6) is -0.334. The van der Waals surface area contributed by atoms with Gasteiger partial charge in [0.1, 0.15) is 0 Å². The van der Waals surface area contributed by atoms with Crippen molar-refractivity contribution in [3.8, 4) is 0 Å². The lowest BCUT2D eigenvalue weighted by atomic mass is 9.78. The van der Waals surface area contributed by atoms with Gasteiger partial charge in [-0.3, -0.25) is 14.6 Å². The first-order valence-corrected chi connectivity index (χ1v) is 9.53. The second-order valence-electron chi connectivity index (χ2n) is 7.25. The number of urea groups is 1. The molecule has 1 aromatic heterocycles. The van der Waals surface area contributed by atoms with Gasteiger partial charge in [-0.2, -0.15) is 0 Å². The summed E-state index contributed by atoms with van der Waals surface area (Å²) in [6.45, 7) is 0.345. The lowest BCUT2D eigenvalue weighted by Crippen LogP contribution is -2.50. The van der Waals surface area contributed by atoms with Crippen LogP contribution in [0.4, 0.5) is 16.2 Å². The van der Waals surface area contributed by atoms with E-state index in [4.69, 9.17) is 0 Å². The fourth-order valence-electron chi connectivity index (χ4n) is 4.09. The van der Waals surface area contributed by atoms with Crippen LogP contribution in [0.5, 0.6) is 0 Å². The Hall–Kier alpha value is -3.22. The quantitative estimate of drug-likeness (QED) is 0.856. The molecule has 0 atom stereocenters. The summed E-state index contributed by atoms with van der Waals surface area (Å²) >= 11 is 0. The van der Waals surface area contributed by atoms with E-state index >= 15 is 0 Å². The van der Waals surface area contributed by atoms with Crippen LogP contribution < -0.4 is 15.5 Å². The maximum atomic E-state index is 13.3. The average Bonchev–Trinajstić information content (AvgIpc) is 3.20. The number of nitrogens with one attached hydrogen (secondary N) is 2. The molecule has 0 spiro atoms. The molecule has 1 aliphatic heterocycles. The number of carbonyl (C=O) groups is 3. The summed E-state index contributed by atoms with van der Waals surface area (Å²) in [4.78, 5) is 42.8. The highest BCUT2D eigenvalue weighted by Crippen LogP contribution is 2.42. The predicted molar refractivity (Wildman–Crippen MR) is 105 cm³/mol. The number of hydrogen-bond donors (Lipinski definition) is 2. The maximum absolute atomic E-state index is 13.3. The molecular weight excluding hydrogens is 356 g/mol. The third kappa shape index (κ3) is 3.24. The highest BCUT2D eigenvalue weighted by Gasteiger charge is 2.43. The van der Waals surface area contributed by atoms with Gasteiger partial charge in [-0.05, 0) is 42.7 Å². The van der Waals surface area contributed by atoms with Crippen LogP contribution in [-0.2, 0) is 15.0 Å². The van der Waals surface area contributed by atoms with Crippen LogP contribution in [0.1, 0.15) is 37.7 Å². The molecule has 144 valence electrons. The Balaban J connectivity index is 1.59. The van der Waals surface area contributed by atoms with Gasteiger partial charge in [0.2, 0.25) is 11.8 Å². The molecule has 2 aromatic rings. The van der Waals surface area contributed by atoms with E-state index < -0.39 is 11.4 Å². The van der Waals surface area contributed by atoms with E-state index in [0.717, 1.165) is 36.1 Å². The van der Waals surface area contributed by atoms with Crippen molar-refractivity contribution in [3.63, 3.8) is 0 Å². The van der Waals surface area contributed by atoms with Gasteiger partial charge in [0.15, 0.2) is 0 Å². The van der Waals surface area contributed by atoms with E-state index in [1.165, 1.54) is 0 Å². The molecule has 1 saturated carbocycles. The zero-order valence-electron chi connectivity index (χ0n) is 15.5. The lowest BCUT2D eigenvalue weighted by Gasteiger charge is -2.29. The first-order valence-electron chi connectivity index (χ1n) is 9.53. The SMILES string of the molecule is O=C1CCNC(=O)N1c1cccc(NC(=O)C2(c3cccnc3)CCCC2)c1. The summed E-state index contributed by atoms with van der Waals surface area (Å²) in [6, 6.07) is 10.2. The van der Waals surface area contributed by atoms with Gasteiger partial charge in [-0.1, -0.05) is 25.0 Å². The summed E-state index contributed by atoms with van der Waals surface area (Å²) in [5.41, 5.74) is 1.33. The number of benzene rings is 1. The minimum absolute atomic E-state index is 0.0791. The summed E-state index contributed by atoms with van der Waals surface area (Å²) in [5, 5.41) is 5.66. The van der Waals surface area contributed by atoms with Gasteiger partial charge in [0, 0.05) is 31.0 Å². The van der Waals surface area contributed by atoms with Crippen LogP contribution in [0.15, 0.2) is 48.8 Å². The van der Waals surface area contributed by atoms with Crippen LogP contribution in [0, 0.1) is 0 Å². The highest BCUT2D eigenvalue weighted by molar-refractivity contribution is 6.16. The Morgan fingerprint density at radius 1 is 1.14 bits per heavy atom. The van der Waals surface area contributed by atoms with Crippen LogP contribution in [0.25, 0.3) is 0 Å². The fraction of sp³-hybridized carbons (Fsp3) is 0.333. The van der Waals surface area contributed by atoms with E-state index in [-0.39, 0.29) is 18.2 Å². The molecule has 2 heterocycles. The third-order valence-electron chi connectivity index (χ3n) is 5.54. The van der Waals surface area contributed by atoms with Crippen molar-refractivity contribution in [1.82, 2.24) is 10.3 Å². The van der Waals surface area contributed by atoms with Crippen molar-refractivity contribution in [1.29, 1.82) is 0 Å². The smallest absolute Gasteiger partial charge is 0.328 e. The lowest BCUT2D eigenvalue weighted by molar-refractivity contribution is -0.121. The topological polar surface area (TPSA) is 91.4 Å². The van der Waals surface area contributed by atoms with Crippen molar-refractivity contribution in [2.75, 3.05) is 16.8 Å². The third-order valence-corrected chi connectivity index (χ3v) is 5.54. The Bertz CT molecular complexity index is 891. The van der Waals surface area contributed by atoms with Crippen molar-refractivity contribution in [2.24, 2.45) is 0 Å². The molecule has 2 fully saturated rings. The zero-order valence-corrected chi connectivity index (χ0v) is 15.5. The number of carbonyl (C=O) groups excluding carboxylic acids is 3. The van der Waals surface area contributed by atoms with Gasteiger partial charge >= 0.3 is 6.03 Å². The molecule has 0 unspecified atom stereocenters. The van der Waals surface area contributed by atoms with Gasteiger partial charge in [0.05, 0.1) is 11.1 Å². The average molecular weight is 378 g/mol. The van der Waals surface area contributed by atoms with E-state index in [1.807, 2.05) is 12.1 Å². The van der Waals surface area contributed by atoms with Gasteiger partial charge in [-0.25, -0.2) is 9.69 Å². The molecule has 0 bridgehead atoms. The number of imide groups is 1. The molecule has 0 radical (unpaired) electrons. The molecule has 28 heavy (non-hydrogen) atoms. The van der Waals surface area contributed by atoms with E-state index in [1.54, 1.807) is 36.7 Å². The second-order valence-corrected chi connectivity index (χ2v) is 7.25. The molecular formula is C21H22N4O3. The molecule has 7 nitrogen and oxygen atoms in total. The van der Waals surface area contributed by atoms with E-state index in [0.29, 0.717) is 17.9 Å². The van der Waals surface area contributed by atoms with Gasteiger partial charge in [-0.15, -0.1) is 0 Å². The predicted octanol–water partition coefficient (Wildman–Crippen LogP) is 2.98. The Morgan fingerprint density at radius 3 is 2.68 bits per heavy atom. The van der Waals surface area contributed by atoms with Crippen LogP contribution in [-0.4, -0.2) is 29.4 Å². The first kappa shape index (κ1) is 18.2. The number of pyridine rings is 1. The number of aromatic nitrogens is 1. The van der Waals surface area contributed by atoms with Crippen molar-refractivity contribution < 1.29 is 14.4 Å². The summed E-state index contributed by atoms with van der Waals surface area (Å²) < 4.78 is 0. The molecule has 4 rings (SSSR count). The van der Waals surface area contributed by atoms with Crippen LogP contribution >= 0.6 is 0 Å². The van der Waals surface area contributed by atoms with E-state index in [2.05, 4.69) is 15.6 Å². The standard InChI is InChI=1S/C21H22N4O3/c26-18-8-12-23-20(28)25(18)17-7-3-6-16(13-17)24-19(27)21(9-1-2-10-21)15-5-4-11-22-14-15/h3-7,11,13-14H,1-2,8-10,12H2,(H,23,28)(H,24,27). The summed E-state index contributed by atoms with van der Waals surface area (Å²) in [6.07, 6.45) is 7.25. The highest BCUT2D eigenvalue weighted by atomic mass is 16.2. The largest absolute Gasteiger partial charge is 0.337 e. The Labute approximate surface area is 163 Å². The molecule has 2 aliphatic rings. The van der Waals surface area contributed by atoms with Crippen molar-refractivity contribution in [2.45, 2.75) is 37.5 Å². The Kier molecular flexibility index (Phi) is 4.81. The van der Waals surface area contributed by atoms with Crippen LogP contribution in [0.3, 0.4) is 0 Å². The number of amides is 4. The maximum Gasteiger partial charge on any atom is 0.328 e. The normalized spacial score (nSPS) is 18.6. The number of nitrogens with zero attached hydrogens (tertiary/aromatic N) is 2. The molecule has 2 N–H and O–H groups in total. The fourth-order valence-corrected chi connectivity index (χ4v) is 4.09. The zero-order chi connectivity index (χ0) is 19.6. The van der Waals surface area contributed by atoms with Crippen LogP contribution in [0.2, 0.25) is 0 Å². The second kappa shape index (κ2) is 7.42. The van der Waals surface area contributed by atoms with Gasteiger partial charge in [0.25, 0.3) is 0 Å². The number of hydrogen-bond acceptors (Lipinski definition) is 4. The minimum atomic E-state index is -0.595. The van der Waals surface area contributed by atoms with Crippen molar-refractivity contribution in [3.05, 3.63) is 54.4 Å². The Morgan fingerprint density at radius 2 is 1.96 bits per heavy atom. The van der Waals surface area contributed by atoms with Gasteiger partial charge < -0.3 is 10.6 Å². The molecule has 1 saturated heterocycles. The minimum Gasteiger partial charge on any atom is -0.337 e. The monoisotopic (exact) mass is 378 g/mol. The number of anilines is 2. The molecule has 4 amide bonds. The molecule has 1 aromatic carbocycles. The summed E-state index contributed by atoms with van der Waals surface area (Å²) in [7, 11) is 0.